The summed E-state index contributed by atoms with van der Waals surface area (Å²) in [5, 5.41) is 15.4. The lowest BCUT2D eigenvalue weighted by atomic mass is 9.79. The molecule has 3 aliphatic heterocycles. The first kappa shape index (κ1) is 23.3. The van der Waals surface area contributed by atoms with Crippen molar-refractivity contribution in [2.24, 2.45) is 23.0 Å². The van der Waals surface area contributed by atoms with Gasteiger partial charge in [0, 0.05) is 24.4 Å². The lowest BCUT2D eigenvalue weighted by molar-refractivity contribution is -0.142. The third kappa shape index (κ3) is 4.93. The molecule has 3 saturated heterocycles. The average Bonchev–Trinajstić information content (AvgIpc) is 3.32. The number of rotatable bonds is 1. The lowest BCUT2D eigenvalue weighted by Gasteiger charge is -2.36. The molecule has 0 saturated carbocycles. The summed E-state index contributed by atoms with van der Waals surface area (Å²) in [5.41, 5.74) is 6.01. The fraction of sp³-hybridized carbons (Fsp3) is 0.739. The van der Waals surface area contributed by atoms with Crippen molar-refractivity contribution in [2.75, 3.05) is 6.54 Å². The van der Waals surface area contributed by atoms with Crippen LogP contribution in [0.15, 0.2) is 12.7 Å². The van der Waals surface area contributed by atoms with E-state index in [0.717, 1.165) is 25.7 Å². The highest BCUT2D eigenvalue weighted by Crippen LogP contribution is 2.33. The number of carbonyl (C=O) groups is 3. The van der Waals surface area contributed by atoms with Gasteiger partial charge in [-0.15, -0.1) is 6.58 Å². The molecule has 8 nitrogen and oxygen atoms in total. The van der Waals surface area contributed by atoms with E-state index in [1.54, 1.807) is 11.0 Å². The molecule has 3 rings (SSSR count). The molecule has 170 valence electrons. The van der Waals surface area contributed by atoms with Crippen LogP contribution in [0.4, 0.5) is 0 Å². The van der Waals surface area contributed by atoms with Crippen LogP contribution in [0.1, 0.15) is 58.8 Å². The Hall–Kier alpha value is -2.40. The molecule has 6 atom stereocenters. The van der Waals surface area contributed by atoms with Crippen molar-refractivity contribution in [3.63, 3.8) is 0 Å². The first-order valence-corrected chi connectivity index (χ1v) is 11.4. The van der Waals surface area contributed by atoms with E-state index in [0.29, 0.717) is 19.4 Å². The van der Waals surface area contributed by atoms with Crippen LogP contribution in [-0.4, -0.2) is 53.3 Å². The maximum absolute atomic E-state index is 13.3. The van der Waals surface area contributed by atoms with Crippen LogP contribution in [0, 0.1) is 28.6 Å². The van der Waals surface area contributed by atoms with E-state index in [2.05, 4.69) is 23.3 Å². The largest absolute Gasteiger partial charge is 0.353 e. The Morgan fingerprint density at radius 2 is 1.90 bits per heavy atom. The van der Waals surface area contributed by atoms with Gasteiger partial charge in [0.15, 0.2) is 0 Å². The van der Waals surface area contributed by atoms with Gasteiger partial charge in [0.25, 0.3) is 0 Å². The van der Waals surface area contributed by atoms with Gasteiger partial charge < -0.3 is 21.3 Å². The maximum atomic E-state index is 13.3. The molecule has 4 N–H and O–H groups in total. The van der Waals surface area contributed by atoms with E-state index in [4.69, 9.17) is 5.73 Å². The van der Waals surface area contributed by atoms with Crippen molar-refractivity contribution in [1.82, 2.24) is 15.5 Å². The zero-order chi connectivity index (χ0) is 22.8. The smallest absolute Gasteiger partial charge is 0.244 e. The first-order chi connectivity index (χ1) is 14.7. The molecule has 0 aromatic carbocycles. The van der Waals surface area contributed by atoms with Crippen molar-refractivity contribution in [1.29, 1.82) is 5.26 Å². The molecule has 31 heavy (non-hydrogen) atoms. The number of nitrogens with two attached hydrogens (primary N) is 1. The van der Waals surface area contributed by atoms with E-state index >= 15 is 0 Å². The fourth-order valence-electron chi connectivity index (χ4n) is 5.19. The van der Waals surface area contributed by atoms with Gasteiger partial charge in [0.2, 0.25) is 17.7 Å². The molecule has 0 spiro atoms. The van der Waals surface area contributed by atoms with Gasteiger partial charge in [-0.3, -0.25) is 14.4 Å². The fourth-order valence-corrected chi connectivity index (χ4v) is 5.19. The van der Waals surface area contributed by atoms with E-state index in [9.17, 15) is 19.6 Å². The second-order valence-electron chi connectivity index (χ2n) is 9.94. The molecule has 0 aliphatic carbocycles. The summed E-state index contributed by atoms with van der Waals surface area (Å²) in [6.07, 6.45) is 6.77. The highest BCUT2D eigenvalue weighted by molar-refractivity contribution is 5.91. The minimum absolute atomic E-state index is 0.0483. The number of amides is 3. The van der Waals surface area contributed by atoms with Crippen LogP contribution >= 0.6 is 0 Å². The van der Waals surface area contributed by atoms with Crippen LogP contribution in [-0.2, 0) is 14.4 Å². The van der Waals surface area contributed by atoms with E-state index < -0.39 is 23.5 Å². The first-order valence-electron chi connectivity index (χ1n) is 11.4. The number of hydrogen-bond donors (Lipinski definition) is 3. The van der Waals surface area contributed by atoms with Crippen LogP contribution in [0.5, 0.6) is 0 Å². The Morgan fingerprint density at radius 1 is 1.16 bits per heavy atom. The predicted octanol–water partition coefficient (Wildman–Crippen LogP) is 1.22. The molecule has 2 bridgehead atoms. The number of carbonyl (C=O) groups excluding carboxylic acids is 3. The molecular formula is C23H35N5O3. The highest BCUT2D eigenvalue weighted by atomic mass is 16.2. The SMILES string of the molecule is C=C[C@H]1CCN2C(=O)[C@@H](N)C(C)(C)CCCC[C@@H]3C[C@@H](C[C@@H](C#N)NC(=O)[C@H]12)C(=O)N3. The molecule has 3 amide bonds. The van der Waals surface area contributed by atoms with Crippen molar-refractivity contribution in [3.8, 4) is 6.07 Å². The highest BCUT2D eigenvalue weighted by Gasteiger charge is 2.45. The van der Waals surface area contributed by atoms with Gasteiger partial charge in [-0.2, -0.15) is 5.26 Å². The number of hydrogen-bond acceptors (Lipinski definition) is 5. The van der Waals surface area contributed by atoms with E-state index in [1.807, 2.05) is 13.8 Å². The van der Waals surface area contributed by atoms with Gasteiger partial charge in [0.1, 0.15) is 12.1 Å². The number of nitrogens with one attached hydrogen (secondary N) is 2. The molecule has 8 heteroatoms. The van der Waals surface area contributed by atoms with Crippen LogP contribution < -0.4 is 16.4 Å². The molecule has 0 radical (unpaired) electrons. The third-order valence-electron chi connectivity index (χ3n) is 7.31. The van der Waals surface area contributed by atoms with Crippen molar-refractivity contribution in [3.05, 3.63) is 12.7 Å². The lowest BCUT2D eigenvalue weighted by Crippen LogP contribution is -2.57. The Kier molecular flexibility index (Phi) is 7.05. The van der Waals surface area contributed by atoms with Crippen molar-refractivity contribution < 1.29 is 14.4 Å². The normalized spacial score (nSPS) is 36.8. The summed E-state index contributed by atoms with van der Waals surface area (Å²) in [6, 6.07) is -0.0331. The minimum atomic E-state index is -0.789. The molecule has 0 aromatic rings. The molecule has 0 aromatic heterocycles. The summed E-state index contributed by atoms with van der Waals surface area (Å²) in [7, 11) is 0. The van der Waals surface area contributed by atoms with Crippen molar-refractivity contribution in [2.45, 2.75) is 83.0 Å². The minimum Gasteiger partial charge on any atom is -0.353 e. The van der Waals surface area contributed by atoms with Crippen molar-refractivity contribution >= 4 is 17.7 Å². The van der Waals surface area contributed by atoms with Gasteiger partial charge in [-0.1, -0.05) is 32.8 Å². The van der Waals surface area contributed by atoms with Crippen LogP contribution in [0.3, 0.4) is 0 Å². The van der Waals surface area contributed by atoms with E-state index in [-0.39, 0.29) is 42.0 Å². The maximum Gasteiger partial charge on any atom is 0.244 e. The Labute approximate surface area is 184 Å². The topological polar surface area (TPSA) is 128 Å². The van der Waals surface area contributed by atoms with Gasteiger partial charge in [-0.05, 0) is 37.5 Å². The number of nitrogens with zero attached hydrogens (tertiary/aromatic N) is 2. The Morgan fingerprint density at radius 3 is 2.58 bits per heavy atom. The zero-order valence-corrected chi connectivity index (χ0v) is 18.6. The molecular weight excluding hydrogens is 394 g/mol. The molecule has 0 unspecified atom stereocenters. The van der Waals surface area contributed by atoms with Gasteiger partial charge in [0.05, 0.1) is 12.1 Å². The molecule has 3 aliphatic rings. The summed E-state index contributed by atoms with van der Waals surface area (Å²) < 4.78 is 0. The Balaban J connectivity index is 1.88. The molecule has 3 fully saturated rings. The van der Waals surface area contributed by atoms with Gasteiger partial charge in [-0.25, -0.2) is 0 Å². The monoisotopic (exact) mass is 429 g/mol. The number of fused-ring (bicyclic) bond motifs is 3. The summed E-state index contributed by atoms with van der Waals surface area (Å²) in [6.45, 7) is 8.25. The quantitative estimate of drug-likeness (QED) is 0.540. The predicted molar refractivity (Wildman–Crippen MR) is 116 cm³/mol. The molecule has 3 heterocycles. The number of nitriles is 1. The second-order valence-corrected chi connectivity index (χ2v) is 9.94. The van der Waals surface area contributed by atoms with E-state index in [1.165, 1.54) is 0 Å². The Bertz CT molecular complexity index is 774. The van der Waals surface area contributed by atoms with Crippen LogP contribution in [0.25, 0.3) is 0 Å². The van der Waals surface area contributed by atoms with Gasteiger partial charge >= 0.3 is 0 Å². The summed E-state index contributed by atoms with van der Waals surface area (Å²) in [5.74, 6) is -1.14. The zero-order valence-electron chi connectivity index (χ0n) is 18.6. The third-order valence-corrected chi connectivity index (χ3v) is 7.31. The van der Waals surface area contributed by atoms with Crippen LogP contribution in [0.2, 0.25) is 0 Å². The summed E-state index contributed by atoms with van der Waals surface area (Å²) in [4.78, 5) is 40.5. The average molecular weight is 430 g/mol. The summed E-state index contributed by atoms with van der Waals surface area (Å²) >= 11 is 0. The second kappa shape index (κ2) is 9.39. The standard InChI is InChI=1S/C23H35N5O3/c1-4-14-8-10-28-18(14)21(30)27-17(13-24)12-15-11-16(26-20(15)29)7-5-6-9-23(2,3)19(25)22(28)31/h4,14-19H,1,5-12,25H2,2-3H3,(H,26,29)(H,27,30)/t14-,15-,16+,17-,18-,19+/m0/s1.